The van der Waals surface area contributed by atoms with E-state index >= 15 is 0 Å². The molecule has 2 aromatic carbocycles. The number of halogens is 1. The number of rotatable bonds is 3. The molecule has 0 aliphatic carbocycles. The summed E-state index contributed by atoms with van der Waals surface area (Å²) in [6.45, 7) is 0. The van der Waals surface area contributed by atoms with Gasteiger partial charge >= 0.3 is 0 Å². The lowest BCUT2D eigenvalue weighted by Gasteiger charge is -2.07. The van der Waals surface area contributed by atoms with Gasteiger partial charge in [0.2, 0.25) is 0 Å². The number of carbonyl (C=O) groups excluding carboxylic acids is 1. The van der Waals surface area contributed by atoms with Crippen LogP contribution in [0, 0.1) is 5.82 Å². The van der Waals surface area contributed by atoms with E-state index in [0.717, 1.165) is 10.8 Å². The second-order valence-corrected chi connectivity index (χ2v) is 4.58. The highest BCUT2D eigenvalue weighted by Crippen LogP contribution is 2.24. The molecule has 3 rings (SSSR count). The van der Waals surface area contributed by atoms with Gasteiger partial charge in [-0.15, -0.1) is 0 Å². The van der Waals surface area contributed by atoms with Crippen LogP contribution in [0.1, 0.15) is 15.9 Å². The average Bonchev–Trinajstić information content (AvgIpc) is 2.54. The predicted octanol–water partition coefficient (Wildman–Crippen LogP) is 3.61. The number of hydrogen-bond donors (Lipinski definition) is 0. The van der Waals surface area contributed by atoms with Crippen molar-refractivity contribution in [3.8, 4) is 5.75 Å². The van der Waals surface area contributed by atoms with Crippen molar-refractivity contribution in [2.45, 2.75) is 0 Å². The van der Waals surface area contributed by atoms with Crippen LogP contribution < -0.4 is 4.74 Å². The van der Waals surface area contributed by atoms with Crippen LogP contribution in [0.2, 0.25) is 0 Å². The highest BCUT2D eigenvalue weighted by Gasteiger charge is 2.14. The quantitative estimate of drug-likeness (QED) is 0.688. The second kappa shape index (κ2) is 5.32. The Bertz CT molecular complexity index is 825. The predicted molar refractivity (Wildman–Crippen MR) is 78.1 cm³/mol. The van der Waals surface area contributed by atoms with E-state index < -0.39 is 5.82 Å². The maximum absolute atomic E-state index is 13.4. The number of benzene rings is 2. The Kier molecular flexibility index (Phi) is 3.36. The van der Waals surface area contributed by atoms with Crippen molar-refractivity contribution in [2.75, 3.05) is 7.11 Å². The van der Waals surface area contributed by atoms with Crippen molar-refractivity contribution in [3.05, 3.63) is 71.8 Å². The standard InChI is InChI=1S/C17H12FNO2/c1-21-16-9-11(5-6-15(16)18)17(20)14-4-2-3-12-10-19-8-7-13(12)14/h2-10H,1H3. The lowest BCUT2D eigenvalue weighted by Crippen LogP contribution is -2.03. The summed E-state index contributed by atoms with van der Waals surface area (Å²) < 4.78 is 18.4. The van der Waals surface area contributed by atoms with Crippen LogP contribution in [0.3, 0.4) is 0 Å². The van der Waals surface area contributed by atoms with Crippen LogP contribution >= 0.6 is 0 Å². The normalized spacial score (nSPS) is 10.6. The Morgan fingerprint density at radius 3 is 2.86 bits per heavy atom. The van der Waals surface area contributed by atoms with Crippen LogP contribution in [-0.2, 0) is 0 Å². The molecule has 0 aliphatic rings. The zero-order chi connectivity index (χ0) is 14.8. The molecule has 1 aromatic heterocycles. The van der Waals surface area contributed by atoms with Crippen molar-refractivity contribution in [1.29, 1.82) is 0 Å². The van der Waals surface area contributed by atoms with Gasteiger partial charge in [0.25, 0.3) is 0 Å². The second-order valence-electron chi connectivity index (χ2n) is 4.58. The summed E-state index contributed by atoms with van der Waals surface area (Å²) >= 11 is 0. The Morgan fingerprint density at radius 2 is 2.05 bits per heavy atom. The summed E-state index contributed by atoms with van der Waals surface area (Å²) in [6, 6.07) is 11.4. The van der Waals surface area contributed by atoms with E-state index in [2.05, 4.69) is 4.98 Å². The Hall–Kier alpha value is -2.75. The third kappa shape index (κ3) is 2.36. The van der Waals surface area contributed by atoms with E-state index in [1.807, 2.05) is 6.07 Å². The van der Waals surface area contributed by atoms with Gasteiger partial charge < -0.3 is 4.74 Å². The molecule has 0 spiro atoms. The molecule has 1 heterocycles. The average molecular weight is 281 g/mol. The van der Waals surface area contributed by atoms with Crippen molar-refractivity contribution in [2.24, 2.45) is 0 Å². The third-order valence-corrected chi connectivity index (χ3v) is 3.34. The molecule has 0 N–H and O–H groups in total. The highest BCUT2D eigenvalue weighted by atomic mass is 19.1. The molecular weight excluding hydrogens is 269 g/mol. The molecule has 3 nitrogen and oxygen atoms in total. The lowest BCUT2D eigenvalue weighted by atomic mass is 9.98. The first kappa shape index (κ1) is 13.2. The summed E-state index contributed by atoms with van der Waals surface area (Å²) in [5, 5.41) is 1.71. The molecule has 0 fully saturated rings. The van der Waals surface area contributed by atoms with Crippen molar-refractivity contribution >= 4 is 16.6 Å². The van der Waals surface area contributed by atoms with E-state index in [9.17, 15) is 9.18 Å². The fourth-order valence-electron chi connectivity index (χ4n) is 2.28. The molecule has 4 heteroatoms. The largest absolute Gasteiger partial charge is 0.494 e. The summed E-state index contributed by atoms with van der Waals surface area (Å²) in [4.78, 5) is 16.7. The molecule has 0 unspecified atom stereocenters. The van der Waals surface area contributed by atoms with Crippen molar-refractivity contribution in [3.63, 3.8) is 0 Å². The van der Waals surface area contributed by atoms with E-state index in [1.165, 1.54) is 25.3 Å². The number of nitrogens with zero attached hydrogens (tertiary/aromatic N) is 1. The zero-order valence-corrected chi connectivity index (χ0v) is 11.3. The Morgan fingerprint density at radius 1 is 1.19 bits per heavy atom. The summed E-state index contributed by atoms with van der Waals surface area (Å²) in [5.41, 5.74) is 0.945. The van der Waals surface area contributed by atoms with E-state index in [1.54, 1.807) is 30.6 Å². The summed E-state index contributed by atoms with van der Waals surface area (Å²) in [6.07, 6.45) is 3.35. The van der Waals surface area contributed by atoms with E-state index in [0.29, 0.717) is 11.1 Å². The fourth-order valence-corrected chi connectivity index (χ4v) is 2.28. The van der Waals surface area contributed by atoms with Crippen LogP contribution in [-0.4, -0.2) is 17.9 Å². The molecule has 104 valence electrons. The van der Waals surface area contributed by atoms with Gasteiger partial charge in [0, 0.05) is 28.9 Å². The molecule has 0 aliphatic heterocycles. The highest BCUT2D eigenvalue weighted by molar-refractivity contribution is 6.16. The minimum absolute atomic E-state index is 0.0581. The van der Waals surface area contributed by atoms with Crippen molar-refractivity contribution in [1.82, 2.24) is 4.98 Å². The van der Waals surface area contributed by atoms with Crippen LogP contribution in [0.4, 0.5) is 4.39 Å². The molecule has 0 atom stereocenters. The van der Waals surface area contributed by atoms with Crippen LogP contribution in [0.5, 0.6) is 5.75 Å². The first-order chi connectivity index (χ1) is 10.2. The summed E-state index contributed by atoms with van der Waals surface area (Å²) in [7, 11) is 1.37. The molecule has 0 radical (unpaired) electrons. The number of pyridine rings is 1. The molecule has 21 heavy (non-hydrogen) atoms. The topological polar surface area (TPSA) is 39.2 Å². The minimum Gasteiger partial charge on any atom is -0.494 e. The number of hydrogen-bond acceptors (Lipinski definition) is 3. The molecule has 0 saturated heterocycles. The van der Waals surface area contributed by atoms with Crippen LogP contribution in [0.15, 0.2) is 54.9 Å². The molecule has 0 bridgehead atoms. The first-order valence-electron chi connectivity index (χ1n) is 6.41. The zero-order valence-electron chi connectivity index (χ0n) is 11.3. The van der Waals surface area contributed by atoms with Gasteiger partial charge in [0.1, 0.15) is 0 Å². The summed E-state index contributed by atoms with van der Waals surface area (Å²) in [5.74, 6) is -0.607. The molecule has 0 amide bonds. The van der Waals surface area contributed by atoms with Gasteiger partial charge in [-0.3, -0.25) is 9.78 Å². The number of ether oxygens (including phenoxy) is 1. The van der Waals surface area contributed by atoms with Gasteiger partial charge in [0.15, 0.2) is 17.3 Å². The monoisotopic (exact) mass is 281 g/mol. The molecular formula is C17H12FNO2. The van der Waals surface area contributed by atoms with E-state index in [4.69, 9.17) is 4.74 Å². The van der Waals surface area contributed by atoms with Gasteiger partial charge in [-0.05, 0) is 29.7 Å². The van der Waals surface area contributed by atoms with Gasteiger partial charge in [-0.1, -0.05) is 18.2 Å². The number of aromatic nitrogens is 1. The Labute approximate surface area is 121 Å². The smallest absolute Gasteiger partial charge is 0.193 e. The minimum atomic E-state index is -0.490. The van der Waals surface area contributed by atoms with Gasteiger partial charge in [0.05, 0.1) is 7.11 Å². The number of fused-ring (bicyclic) bond motifs is 1. The van der Waals surface area contributed by atoms with Gasteiger partial charge in [-0.2, -0.15) is 0 Å². The van der Waals surface area contributed by atoms with E-state index in [-0.39, 0.29) is 11.5 Å². The third-order valence-electron chi connectivity index (χ3n) is 3.34. The first-order valence-corrected chi connectivity index (χ1v) is 6.41. The lowest BCUT2D eigenvalue weighted by molar-refractivity contribution is 0.104. The number of ketones is 1. The Balaban J connectivity index is 2.13. The molecule has 3 aromatic rings. The van der Waals surface area contributed by atoms with Gasteiger partial charge in [-0.25, -0.2) is 4.39 Å². The number of carbonyl (C=O) groups is 1. The van der Waals surface area contributed by atoms with Crippen molar-refractivity contribution < 1.29 is 13.9 Å². The molecule has 0 saturated carbocycles. The van der Waals surface area contributed by atoms with Crippen LogP contribution in [0.25, 0.3) is 10.8 Å². The SMILES string of the molecule is COc1cc(C(=O)c2cccc3cnccc23)ccc1F. The number of methoxy groups -OCH3 is 1. The maximum Gasteiger partial charge on any atom is 0.193 e. The fraction of sp³-hybridized carbons (Fsp3) is 0.0588. The maximum atomic E-state index is 13.4.